The monoisotopic (exact) mass is 385 g/mol. The van der Waals surface area contributed by atoms with Crippen LogP contribution in [0.5, 0.6) is 5.75 Å². The van der Waals surface area contributed by atoms with Crippen molar-refractivity contribution in [2.24, 2.45) is 0 Å². The smallest absolute Gasteiger partial charge is 0.176 e. The Bertz CT molecular complexity index is 847. The van der Waals surface area contributed by atoms with Crippen LogP contribution in [-0.2, 0) is 13.1 Å². The summed E-state index contributed by atoms with van der Waals surface area (Å²) in [5.41, 5.74) is 1.70. The first-order chi connectivity index (χ1) is 12.7. The maximum atomic E-state index is 12.7. The van der Waals surface area contributed by atoms with Crippen molar-refractivity contribution in [1.82, 2.24) is 4.90 Å². The zero-order valence-corrected chi connectivity index (χ0v) is 16.1. The number of benzene rings is 2. The van der Waals surface area contributed by atoms with Crippen LogP contribution >= 0.6 is 22.9 Å². The Morgan fingerprint density at radius 1 is 1.04 bits per heavy atom. The number of Topliss-reactive ketones (excluding diaryl/α,β-unsaturated/α-hetero) is 1. The van der Waals surface area contributed by atoms with Gasteiger partial charge in [-0.2, -0.15) is 0 Å². The maximum Gasteiger partial charge on any atom is 0.176 e. The number of hydrogen-bond acceptors (Lipinski definition) is 4. The molecule has 5 heteroatoms. The van der Waals surface area contributed by atoms with Gasteiger partial charge in [0, 0.05) is 28.6 Å². The van der Waals surface area contributed by atoms with Gasteiger partial charge in [0.05, 0.1) is 13.7 Å². The zero-order chi connectivity index (χ0) is 18.4. The van der Waals surface area contributed by atoms with Gasteiger partial charge in [-0.3, -0.25) is 9.69 Å². The minimum Gasteiger partial charge on any atom is -0.497 e. The van der Waals surface area contributed by atoms with Gasteiger partial charge in [-0.1, -0.05) is 35.9 Å². The molecular formula is C21H20ClNO2S. The van der Waals surface area contributed by atoms with Crippen molar-refractivity contribution in [3.8, 4) is 5.75 Å². The van der Waals surface area contributed by atoms with Crippen LogP contribution in [0.1, 0.15) is 20.8 Å². The third kappa shape index (κ3) is 4.94. The fraction of sp³-hybridized carbons (Fsp3) is 0.190. The van der Waals surface area contributed by atoms with E-state index in [1.165, 1.54) is 4.88 Å². The maximum absolute atomic E-state index is 12.7. The number of thiophene rings is 1. The van der Waals surface area contributed by atoms with Gasteiger partial charge in [0.25, 0.3) is 0 Å². The Morgan fingerprint density at radius 3 is 2.46 bits per heavy atom. The van der Waals surface area contributed by atoms with Crippen molar-refractivity contribution in [3.05, 3.63) is 87.1 Å². The van der Waals surface area contributed by atoms with Gasteiger partial charge in [0.1, 0.15) is 5.75 Å². The molecule has 0 saturated carbocycles. The van der Waals surface area contributed by atoms with E-state index in [2.05, 4.69) is 11.0 Å². The first kappa shape index (κ1) is 18.6. The lowest BCUT2D eigenvalue weighted by atomic mass is 10.1. The molecule has 2 aromatic carbocycles. The molecular weight excluding hydrogens is 366 g/mol. The van der Waals surface area contributed by atoms with Gasteiger partial charge >= 0.3 is 0 Å². The van der Waals surface area contributed by atoms with Crippen LogP contribution in [0.25, 0.3) is 0 Å². The van der Waals surface area contributed by atoms with Gasteiger partial charge in [-0.15, -0.1) is 11.3 Å². The largest absolute Gasteiger partial charge is 0.497 e. The fourth-order valence-corrected chi connectivity index (χ4v) is 3.67. The second kappa shape index (κ2) is 8.99. The van der Waals surface area contributed by atoms with E-state index in [1.807, 2.05) is 47.8 Å². The molecule has 0 radical (unpaired) electrons. The van der Waals surface area contributed by atoms with E-state index in [-0.39, 0.29) is 5.78 Å². The summed E-state index contributed by atoms with van der Waals surface area (Å²) in [7, 11) is 1.61. The molecule has 3 aromatic rings. The second-order valence-corrected chi connectivity index (χ2v) is 7.41. The van der Waals surface area contributed by atoms with E-state index in [9.17, 15) is 4.79 Å². The summed E-state index contributed by atoms with van der Waals surface area (Å²) in [5, 5.41) is 2.77. The Labute approximate surface area is 162 Å². The summed E-state index contributed by atoms with van der Waals surface area (Å²) in [6, 6.07) is 19.1. The highest BCUT2D eigenvalue weighted by atomic mass is 35.5. The third-order valence-electron chi connectivity index (χ3n) is 4.09. The molecule has 3 nitrogen and oxygen atoms in total. The topological polar surface area (TPSA) is 29.5 Å². The number of hydrogen-bond donors (Lipinski definition) is 0. The van der Waals surface area contributed by atoms with Crippen molar-refractivity contribution in [1.29, 1.82) is 0 Å². The minimum absolute atomic E-state index is 0.0799. The van der Waals surface area contributed by atoms with Gasteiger partial charge < -0.3 is 4.74 Å². The summed E-state index contributed by atoms with van der Waals surface area (Å²) in [6.45, 7) is 1.67. The van der Waals surface area contributed by atoms with E-state index in [0.717, 1.165) is 16.3 Å². The highest BCUT2D eigenvalue weighted by Gasteiger charge is 2.15. The van der Waals surface area contributed by atoms with Crippen LogP contribution in [-0.4, -0.2) is 24.3 Å². The Balaban J connectivity index is 1.75. The van der Waals surface area contributed by atoms with Crippen molar-refractivity contribution in [2.45, 2.75) is 13.1 Å². The molecule has 0 fully saturated rings. The number of ketones is 1. The molecule has 0 aliphatic heterocycles. The van der Waals surface area contributed by atoms with E-state index in [4.69, 9.17) is 16.3 Å². The molecule has 0 bridgehead atoms. The molecule has 0 spiro atoms. The molecule has 0 aliphatic rings. The Kier molecular flexibility index (Phi) is 6.45. The van der Waals surface area contributed by atoms with E-state index in [0.29, 0.717) is 25.2 Å². The lowest BCUT2D eigenvalue weighted by Gasteiger charge is -2.21. The average Bonchev–Trinajstić information content (AvgIpc) is 3.16. The quantitative estimate of drug-likeness (QED) is 0.493. The highest BCUT2D eigenvalue weighted by Crippen LogP contribution is 2.20. The lowest BCUT2D eigenvalue weighted by Crippen LogP contribution is -2.29. The van der Waals surface area contributed by atoms with Crippen molar-refractivity contribution in [3.63, 3.8) is 0 Å². The standard InChI is InChI=1S/C21H20ClNO2S/c1-25-18-10-8-16(9-11-18)21(24)15-23(14-19-6-4-12-26-19)13-17-5-2-3-7-20(17)22/h2-12H,13-15H2,1H3. The van der Waals surface area contributed by atoms with E-state index < -0.39 is 0 Å². The van der Waals surface area contributed by atoms with Crippen LogP contribution in [0.3, 0.4) is 0 Å². The summed E-state index contributed by atoms with van der Waals surface area (Å²) in [5.74, 6) is 0.823. The van der Waals surface area contributed by atoms with Gasteiger partial charge in [-0.25, -0.2) is 0 Å². The summed E-state index contributed by atoms with van der Waals surface area (Å²) in [6.07, 6.45) is 0. The van der Waals surface area contributed by atoms with Crippen molar-refractivity contribution >= 4 is 28.7 Å². The van der Waals surface area contributed by atoms with Crippen LogP contribution in [0.2, 0.25) is 5.02 Å². The molecule has 0 atom stereocenters. The second-order valence-electron chi connectivity index (χ2n) is 5.97. The van der Waals surface area contributed by atoms with Gasteiger partial charge in [-0.05, 0) is 47.3 Å². The predicted octanol–water partition coefficient (Wildman–Crippen LogP) is 5.30. The summed E-state index contributed by atoms with van der Waals surface area (Å²) < 4.78 is 5.16. The van der Waals surface area contributed by atoms with Gasteiger partial charge in [0.15, 0.2) is 5.78 Å². The Hall–Kier alpha value is -2.14. The summed E-state index contributed by atoms with van der Waals surface area (Å²) in [4.78, 5) is 16.1. The number of carbonyl (C=O) groups is 1. The SMILES string of the molecule is COc1ccc(C(=O)CN(Cc2cccs2)Cc2ccccc2Cl)cc1. The normalized spacial score (nSPS) is 10.9. The fourth-order valence-electron chi connectivity index (χ4n) is 2.73. The van der Waals surface area contributed by atoms with Crippen LogP contribution < -0.4 is 4.74 Å². The number of rotatable bonds is 8. The molecule has 134 valence electrons. The number of nitrogens with zero attached hydrogens (tertiary/aromatic N) is 1. The van der Waals surface area contributed by atoms with Crippen LogP contribution in [0, 0.1) is 0 Å². The molecule has 1 heterocycles. The van der Waals surface area contributed by atoms with Crippen molar-refractivity contribution in [2.75, 3.05) is 13.7 Å². The first-order valence-corrected chi connectivity index (χ1v) is 9.57. The summed E-state index contributed by atoms with van der Waals surface area (Å²) >= 11 is 8.01. The molecule has 3 rings (SSSR count). The first-order valence-electron chi connectivity index (χ1n) is 8.31. The molecule has 0 aliphatic carbocycles. The van der Waals surface area contributed by atoms with Crippen molar-refractivity contribution < 1.29 is 9.53 Å². The molecule has 0 amide bonds. The Morgan fingerprint density at radius 2 is 1.81 bits per heavy atom. The molecule has 26 heavy (non-hydrogen) atoms. The average molecular weight is 386 g/mol. The predicted molar refractivity (Wildman–Crippen MR) is 107 cm³/mol. The number of halogens is 1. The van der Waals surface area contributed by atoms with Crippen LogP contribution in [0.4, 0.5) is 0 Å². The van der Waals surface area contributed by atoms with Crippen LogP contribution in [0.15, 0.2) is 66.0 Å². The molecule has 0 N–H and O–H groups in total. The van der Waals surface area contributed by atoms with Gasteiger partial charge in [0.2, 0.25) is 0 Å². The zero-order valence-electron chi connectivity index (χ0n) is 14.5. The molecule has 0 unspecified atom stereocenters. The number of ether oxygens (including phenoxy) is 1. The minimum atomic E-state index is 0.0799. The number of carbonyl (C=O) groups excluding carboxylic acids is 1. The highest BCUT2D eigenvalue weighted by molar-refractivity contribution is 7.09. The number of methoxy groups -OCH3 is 1. The molecule has 0 saturated heterocycles. The third-order valence-corrected chi connectivity index (χ3v) is 5.32. The molecule has 1 aromatic heterocycles. The lowest BCUT2D eigenvalue weighted by molar-refractivity contribution is 0.0921. The van der Waals surface area contributed by atoms with E-state index >= 15 is 0 Å². The van der Waals surface area contributed by atoms with E-state index in [1.54, 1.807) is 30.6 Å².